The fourth-order valence-corrected chi connectivity index (χ4v) is 1.08. The molecule has 0 aromatic heterocycles. The van der Waals surface area contributed by atoms with Crippen molar-refractivity contribution in [1.29, 1.82) is 0 Å². The minimum atomic E-state index is -0.0384. The van der Waals surface area contributed by atoms with E-state index in [0.29, 0.717) is 5.71 Å². The molecular formula is C14H17NO. The average molecular weight is 215 g/mol. The minimum Gasteiger partial charge on any atom is -0.398 e. The Morgan fingerprint density at radius 1 is 1.19 bits per heavy atom. The van der Waals surface area contributed by atoms with Gasteiger partial charge in [0.1, 0.15) is 7.11 Å². The fourth-order valence-electron chi connectivity index (χ4n) is 1.08. The molecule has 2 nitrogen and oxygen atoms in total. The molecule has 0 bridgehead atoms. The van der Waals surface area contributed by atoms with Gasteiger partial charge in [-0.1, -0.05) is 41.4 Å². The van der Waals surface area contributed by atoms with Gasteiger partial charge >= 0.3 is 0 Å². The molecule has 0 unspecified atom stereocenters. The highest BCUT2D eigenvalue weighted by Crippen LogP contribution is 2.10. The summed E-state index contributed by atoms with van der Waals surface area (Å²) in [5.41, 5.74) is 1.60. The third-order valence-electron chi connectivity index (χ3n) is 1.79. The van der Waals surface area contributed by atoms with Crippen LogP contribution in [-0.2, 0) is 4.84 Å². The lowest BCUT2D eigenvalue weighted by Crippen LogP contribution is -2.03. The van der Waals surface area contributed by atoms with Gasteiger partial charge in [-0.2, -0.15) is 0 Å². The molecule has 84 valence electrons. The van der Waals surface area contributed by atoms with Crippen LogP contribution in [0.3, 0.4) is 0 Å². The zero-order valence-corrected chi connectivity index (χ0v) is 10.2. The van der Waals surface area contributed by atoms with E-state index in [0.717, 1.165) is 5.56 Å². The predicted octanol–water partition coefficient (Wildman–Crippen LogP) is 3.09. The van der Waals surface area contributed by atoms with Crippen molar-refractivity contribution in [2.24, 2.45) is 10.6 Å². The maximum atomic E-state index is 4.81. The van der Waals surface area contributed by atoms with Crippen molar-refractivity contribution in [3.05, 3.63) is 35.9 Å². The average Bonchev–Trinajstić information content (AvgIpc) is 2.24. The Hall–Kier alpha value is -1.75. The third kappa shape index (κ3) is 4.18. The van der Waals surface area contributed by atoms with Crippen molar-refractivity contribution in [1.82, 2.24) is 0 Å². The largest absolute Gasteiger partial charge is 0.398 e. The van der Waals surface area contributed by atoms with Crippen molar-refractivity contribution in [3.63, 3.8) is 0 Å². The normalized spacial score (nSPS) is 11.6. The Kier molecular flexibility index (Phi) is 4.13. The molecule has 0 heterocycles. The van der Waals surface area contributed by atoms with Crippen molar-refractivity contribution >= 4 is 5.71 Å². The first-order valence-corrected chi connectivity index (χ1v) is 5.23. The lowest BCUT2D eigenvalue weighted by atomic mass is 9.97. The predicted molar refractivity (Wildman–Crippen MR) is 67.2 cm³/mol. The SMILES string of the molecule is CO/N=C(/C#CC(C)(C)C)c1ccccc1. The quantitative estimate of drug-likeness (QED) is 0.422. The van der Waals surface area contributed by atoms with Crippen LogP contribution in [0, 0.1) is 17.3 Å². The molecule has 2 heteroatoms. The number of benzene rings is 1. The summed E-state index contributed by atoms with van der Waals surface area (Å²) in [6.07, 6.45) is 0. The lowest BCUT2D eigenvalue weighted by molar-refractivity contribution is 0.214. The monoisotopic (exact) mass is 215 g/mol. The number of hydrogen-bond donors (Lipinski definition) is 0. The molecule has 0 atom stereocenters. The van der Waals surface area contributed by atoms with E-state index in [-0.39, 0.29) is 5.41 Å². The van der Waals surface area contributed by atoms with Crippen LogP contribution in [0.2, 0.25) is 0 Å². The van der Waals surface area contributed by atoms with Crippen molar-refractivity contribution in [2.45, 2.75) is 20.8 Å². The van der Waals surface area contributed by atoms with Crippen LogP contribution in [0.5, 0.6) is 0 Å². The van der Waals surface area contributed by atoms with E-state index in [2.05, 4.69) is 37.8 Å². The zero-order valence-electron chi connectivity index (χ0n) is 10.2. The van der Waals surface area contributed by atoms with Crippen molar-refractivity contribution < 1.29 is 4.84 Å². The summed E-state index contributed by atoms with van der Waals surface area (Å²) in [6, 6.07) is 9.81. The van der Waals surface area contributed by atoms with Gasteiger partial charge < -0.3 is 4.84 Å². The minimum absolute atomic E-state index is 0.0384. The summed E-state index contributed by atoms with van der Waals surface area (Å²) < 4.78 is 0. The van der Waals surface area contributed by atoms with Crippen LogP contribution in [0.4, 0.5) is 0 Å². The van der Waals surface area contributed by atoms with Crippen LogP contribution in [0.15, 0.2) is 35.5 Å². The van der Waals surface area contributed by atoms with E-state index in [4.69, 9.17) is 4.84 Å². The fraction of sp³-hybridized carbons (Fsp3) is 0.357. The lowest BCUT2D eigenvalue weighted by Gasteiger charge is -2.07. The molecule has 0 N–H and O–H groups in total. The Morgan fingerprint density at radius 2 is 1.81 bits per heavy atom. The van der Waals surface area contributed by atoms with Crippen LogP contribution in [0.25, 0.3) is 0 Å². The van der Waals surface area contributed by atoms with Crippen LogP contribution >= 0.6 is 0 Å². The Balaban J connectivity index is 3.02. The topological polar surface area (TPSA) is 21.6 Å². The maximum Gasteiger partial charge on any atom is 0.159 e. The highest BCUT2D eigenvalue weighted by molar-refractivity contribution is 6.12. The smallest absolute Gasteiger partial charge is 0.159 e. The molecule has 0 aliphatic heterocycles. The van der Waals surface area contributed by atoms with E-state index < -0.39 is 0 Å². The first-order valence-electron chi connectivity index (χ1n) is 5.23. The van der Waals surface area contributed by atoms with Gasteiger partial charge in [-0.3, -0.25) is 0 Å². The number of oxime groups is 1. The summed E-state index contributed by atoms with van der Waals surface area (Å²) >= 11 is 0. The van der Waals surface area contributed by atoms with Gasteiger partial charge in [-0.15, -0.1) is 0 Å². The Morgan fingerprint density at radius 3 is 2.31 bits per heavy atom. The molecule has 1 rings (SSSR count). The first-order chi connectivity index (χ1) is 7.53. The zero-order chi connectivity index (χ0) is 12.0. The molecule has 1 aromatic rings. The summed E-state index contributed by atoms with van der Waals surface area (Å²) in [4.78, 5) is 4.81. The first kappa shape index (κ1) is 12.3. The van der Waals surface area contributed by atoms with Crippen molar-refractivity contribution in [2.75, 3.05) is 7.11 Å². The standard InChI is InChI=1S/C14H17NO/c1-14(2,3)11-10-13(15-16-4)12-8-6-5-7-9-12/h5-9H,1-4H3/b15-13-. The molecule has 0 saturated carbocycles. The van der Waals surface area contributed by atoms with E-state index in [1.54, 1.807) is 0 Å². The summed E-state index contributed by atoms with van der Waals surface area (Å²) in [6.45, 7) is 6.19. The summed E-state index contributed by atoms with van der Waals surface area (Å²) in [5.74, 6) is 6.20. The van der Waals surface area contributed by atoms with Crippen LogP contribution in [0.1, 0.15) is 26.3 Å². The van der Waals surface area contributed by atoms with Gasteiger partial charge in [-0.25, -0.2) is 0 Å². The van der Waals surface area contributed by atoms with Crippen LogP contribution in [-0.4, -0.2) is 12.8 Å². The molecule has 0 spiro atoms. The van der Waals surface area contributed by atoms with Crippen LogP contribution < -0.4 is 0 Å². The number of hydrogen-bond acceptors (Lipinski definition) is 2. The second kappa shape index (κ2) is 5.37. The van der Waals surface area contributed by atoms with Gasteiger partial charge in [0.2, 0.25) is 0 Å². The van der Waals surface area contributed by atoms with E-state index >= 15 is 0 Å². The highest BCUT2D eigenvalue weighted by atomic mass is 16.6. The molecule has 0 aliphatic carbocycles. The van der Waals surface area contributed by atoms with E-state index in [1.165, 1.54) is 7.11 Å². The van der Waals surface area contributed by atoms with Gasteiger partial charge in [0, 0.05) is 11.0 Å². The Labute approximate surface area is 97.3 Å². The number of rotatable bonds is 2. The molecule has 0 aliphatic rings. The maximum absolute atomic E-state index is 4.81. The molecule has 0 amide bonds. The highest BCUT2D eigenvalue weighted by Gasteiger charge is 2.05. The third-order valence-corrected chi connectivity index (χ3v) is 1.79. The van der Waals surface area contributed by atoms with E-state index in [9.17, 15) is 0 Å². The number of nitrogens with zero attached hydrogens (tertiary/aromatic N) is 1. The second-order valence-corrected chi connectivity index (χ2v) is 4.49. The van der Waals surface area contributed by atoms with Gasteiger partial charge in [0.25, 0.3) is 0 Å². The van der Waals surface area contributed by atoms with Crippen molar-refractivity contribution in [3.8, 4) is 11.8 Å². The summed E-state index contributed by atoms with van der Waals surface area (Å²) in [7, 11) is 1.53. The second-order valence-electron chi connectivity index (χ2n) is 4.49. The van der Waals surface area contributed by atoms with E-state index in [1.807, 2.05) is 30.3 Å². The molecule has 0 saturated heterocycles. The summed E-state index contributed by atoms with van der Waals surface area (Å²) in [5, 5.41) is 3.94. The molecule has 0 radical (unpaired) electrons. The molecule has 16 heavy (non-hydrogen) atoms. The van der Waals surface area contributed by atoms with Gasteiger partial charge in [0.05, 0.1) is 0 Å². The molecule has 1 aromatic carbocycles. The molecule has 0 fully saturated rings. The van der Waals surface area contributed by atoms with Gasteiger partial charge in [0.15, 0.2) is 5.71 Å². The Bertz CT molecular complexity index is 416. The van der Waals surface area contributed by atoms with Gasteiger partial charge in [-0.05, 0) is 26.7 Å². The molecular weight excluding hydrogens is 198 g/mol.